The van der Waals surface area contributed by atoms with Crippen LogP contribution in [0.4, 0.5) is 4.79 Å². The van der Waals surface area contributed by atoms with Gasteiger partial charge in [0.15, 0.2) is 0 Å². The van der Waals surface area contributed by atoms with Crippen molar-refractivity contribution in [3.05, 3.63) is 0 Å². The van der Waals surface area contributed by atoms with Crippen LogP contribution in [0.3, 0.4) is 0 Å². The molecule has 0 aromatic rings. The fourth-order valence-electron chi connectivity index (χ4n) is 2.60. The zero-order valence-electron chi connectivity index (χ0n) is 13.3. The highest BCUT2D eigenvalue weighted by molar-refractivity contribution is 5.77. The van der Waals surface area contributed by atoms with Crippen LogP contribution in [0, 0.1) is 0 Å². The van der Waals surface area contributed by atoms with Crippen LogP contribution in [0.2, 0.25) is 0 Å². The van der Waals surface area contributed by atoms with Gasteiger partial charge in [-0.1, -0.05) is 0 Å². The van der Waals surface area contributed by atoms with Gasteiger partial charge in [-0.3, -0.25) is 4.79 Å². The number of carbonyl (C=O) groups excluding carboxylic acids is 2. The third-order valence-corrected chi connectivity index (χ3v) is 3.70. The predicted octanol–water partition coefficient (Wildman–Crippen LogP) is 1.63. The molecule has 2 aliphatic heterocycles. The molecule has 0 N–H and O–H groups in total. The third kappa shape index (κ3) is 4.88. The van der Waals surface area contributed by atoms with Crippen molar-refractivity contribution in [1.29, 1.82) is 0 Å². The summed E-state index contributed by atoms with van der Waals surface area (Å²) < 4.78 is 11.0. The largest absolute Gasteiger partial charge is 0.444 e. The zero-order chi connectivity index (χ0) is 15.5. The lowest BCUT2D eigenvalue weighted by Gasteiger charge is -2.24. The van der Waals surface area contributed by atoms with Gasteiger partial charge in [0.2, 0.25) is 5.91 Å². The Morgan fingerprint density at radius 2 is 1.76 bits per heavy atom. The topological polar surface area (TPSA) is 59.1 Å². The van der Waals surface area contributed by atoms with Crippen molar-refractivity contribution in [3.63, 3.8) is 0 Å². The lowest BCUT2D eigenvalue weighted by Crippen LogP contribution is -2.37. The normalized spacial score (nSPS) is 22.7. The van der Waals surface area contributed by atoms with Crippen LogP contribution >= 0.6 is 0 Å². The van der Waals surface area contributed by atoms with Gasteiger partial charge in [0.05, 0.1) is 12.6 Å². The summed E-state index contributed by atoms with van der Waals surface area (Å²) in [7, 11) is 0. The Balaban J connectivity index is 1.70. The molecule has 2 saturated heterocycles. The lowest BCUT2D eigenvalue weighted by atomic mass is 10.2. The standard InChI is InChI=1S/C15H26N2O4/c1-15(2,3)21-14(19)17-9-6-12(10-17)20-11-13(18)16-7-4-5-8-16/h12H,4-11H2,1-3H3/t12-/m0/s1. The van der Waals surface area contributed by atoms with E-state index in [1.165, 1.54) is 0 Å². The second kappa shape index (κ2) is 6.64. The fourth-order valence-corrected chi connectivity index (χ4v) is 2.60. The first kappa shape index (κ1) is 16.1. The van der Waals surface area contributed by atoms with Crippen molar-refractivity contribution < 1.29 is 19.1 Å². The average molecular weight is 298 g/mol. The van der Waals surface area contributed by atoms with Gasteiger partial charge < -0.3 is 19.3 Å². The number of rotatable bonds is 3. The van der Waals surface area contributed by atoms with Crippen LogP contribution in [-0.4, -0.2) is 66.3 Å². The van der Waals surface area contributed by atoms with E-state index in [2.05, 4.69) is 0 Å². The van der Waals surface area contributed by atoms with Crippen LogP contribution in [0.1, 0.15) is 40.0 Å². The number of carbonyl (C=O) groups is 2. The van der Waals surface area contributed by atoms with Gasteiger partial charge in [-0.25, -0.2) is 4.79 Å². The molecule has 0 aromatic carbocycles. The number of hydrogen-bond acceptors (Lipinski definition) is 4. The highest BCUT2D eigenvalue weighted by Gasteiger charge is 2.31. The highest BCUT2D eigenvalue weighted by Crippen LogP contribution is 2.17. The van der Waals surface area contributed by atoms with Gasteiger partial charge in [-0.15, -0.1) is 0 Å². The van der Waals surface area contributed by atoms with Gasteiger partial charge in [0.1, 0.15) is 12.2 Å². The van der Waals surface area contributed by atoms with E-state index in [-0.39, 0.29) is 24.7 Å². The molecule has 0 aliphatic carbocycles. The molecule has 0 saturated carbocycles. The maximum absolute atomic E-state index is 11.9. The zero-order valence-corrected chi connectivity index (χ0v) is 13.3. The SMILES string of the molecule is CC(C)(C)OC(=O)N1CC[C@H](OCC(=O)N2CCCC2)C1. The summed E-state index contributed by atoms with van der Waals surface area (Å²) in [5.41, 5.74) is -0.484. The molecule has 6 nitrogen and oxygen atoms in total. The maximum Gasteiger partial charge on any atom is 0.410 e. The molecule has 6 heteroatoms. The van der Waals surface area contributed by atoms with Crippen LogP contribution < -0.4 is 0 Å². The quantitative estimate of drug-likeness (QED) is 0.794. The van der Waals surface area contributed by atoms with E-state index in [9.17, 15) is 9.59 Å². The molecule has 21 heavy (non-hydrogen) atoms. The Hall–Kier alpha value is -1.30. The summed E-state index contributed by atoms with van der Waals surface area (Å²) in [5, 5.41) is 0. The minimum absolute atomic E-state index is 0.0585. The van der Waals surface area contributed by atoms with Crippen LogP contribution in [0.25, 0.3) is 0 Å². The highest BCUT2D eigenvalue weighted by atomic mass is 16.6. The minimum atomic E-state index is -0.484. The molecule has 2 rings (SSSR count). The Kier molecular flexibility index (Phi) is 5.08. The molecule has 0 aromatic heterocycles. The number of ether oxygens (including phenoxy) is 2. The van der Waals surface area contributed by atoms with Crippen molar-refractivity contribution in [1.82, 2.24) is 9.80 Å². The number of hydrogen-bond donors (Lipinski definition) is 0. The molecule has 2 amide bonds. The first-order valence-corrected chi connectivity index (χ1v) is 7.72. The molecular formula is C15H26N2O4. The first-order chi connectivity index (χ1) is 9.85. The summed E-state index contributed by atoms with van der Waals surface area (Å²) >= 11 is 0. The molecule has 1 atom stereocenters. The molecule has 0 radical (unpaired) electrons. The van der Waals surface area contributed by atoms with Crippen molar-refractivity contribution in [3.8, 4) is 0 Å². The average Bonchev–Trinajstić information content (AvgIpc) is 3.05. The van der Waals surface area contributed by atoms with Gasteiger partial charge in [0.25, 0.3) is 0 Å². The molecular weight excluding hydrogens is 272 g/mol. The molecule has 2 heterocycles. The van der Waals surface area contributed by atoms with Crippen LogP contribution in [0.15, 0.2) is 0 Å². The second-order valence-electron chi connectivity index (χ2n) is 6.74. The van der Waals surface area contributed by atoms with Gasteiger partial charge in [-0.05, 0) is 40.0 Å². The van der Waals surface area contributed by atoms with Gasteiger partial charge in [0, 0.05) is 19.6 Å². The van der Waals surface area contributed by atoms with Crippen molar-refractivity contribution in [2.75, 3.05) is 32.8 Å². The monoisotopic (exact) mass is 298 g/mol. The fraction of sp³-hybridized carbons (Fsp3) is 0.867. The Morgan fingerprint density at radius 3 is 2.38 bits per heavy atom. The smallest absolute Gasteiger partial charge is 0.410 e. The summed E-state index contributed by atoms with van der Waals surface area (Å²) in [5.74, 6) is 0.0585. The summed E-state index contributed by atoms with van der Waals surface area (Å²) in [6.07, 6.45) is 2.55. The Morgan fingerprint density at radius 1 is 1.10 bits per heavy atom. The molecule has 0 unspecified atom stereocenters. The Labute approximate surface area is 126 Å². The molecule has 0 spiro atoms. The number of likely N-dealkylation sites (tertiary alicyclic amines) is 2. The van der Waals surface area contributed by atoms with Gasteiger partial charge in [-0.2, -0.15) is 0 Å². The van der Waals surface area contributed by atoms with E-state index in [1.54, 1.807) is 4.90 Å². The lowest BCUT2D eigenvalue weighted by molar-refractivity contribution is -0.136. The predicted molar refractivity (Wildman–Crippen MR) is 78.0 cm³/mol. The Bertz CT molecular complexity index is 386. The molecule has 0 bridgehead atoms. The van der Waals surface area contributed by atoms with E-state index in [0.717, 1.165) is 32.4 Å². The minimum Gasteiger partial charge on any atom is -0.444 e. The van der Waals surface area contributed by atoms with E-state index in [0.29, 0.717) is 13.1 Å². The van der Waals surface area contributed by atoms with E-state index in [1.807, 2.05) is 25.7 Å². The van der Waals surface area contributed by atoms with Crippen molar-refractivity contribution >= 4 is 12.0 Å². The van der Waals surface area contributed by atoms with E-state index in [4.69, 9.17) is 9.47 Å². The number of nitrogens with zero attached hydrogens (tertiary/aromatic N) is 2. The third-order valence-electron chi connectivity index (χ3n) is 3.70. The maximum atomic E-state index is 11.9. The van der Waals surface area contributed by atoms with E-state index < -0.39 is 5.60 Å². The molecule has 2 fully saturated rings. The molecule has 2 aliphatic rings. The molecule has 120 valence electrons. The summed E-state index contributed by atoms with van der Waals surface area (Å²) in [4.78, 5) is 27.3. The van der Waals surface area contributed by atoms with Crippen molar-refractivity contribution in [2.24, 2.45) is 0 Å². The summed E-state index contributed by atoms with van der Waals surface area (Å²) in [6, 6.07) is 0. The number of amides is 2. The second-order valence-corrected chi connectivity index (χ2v) is 6.74. The summed E-state index contributed by atoms with van der Waals surface area (Å²) in [6.45, 7) is 8.48. The van der Waals surface area contributed by atoms with Crippen molar-refractivity contribution in [2.45, 2.75) is 51.7 Å². The van der Waals surface area contributed by atoms with Crippen LogP contribution in [-0.2, 0) is 14.3 Å². The van der Waals surface area contributed by atoms with Gasteiger partial charge >= 0.3 is 6.09 Å². The van der Waals surface area contributed by atoms with Crippen LogP contribution in [0.5, 0.6) is 0 Å². The first-order valence-electron chi connectivity index (χ1n) is 7.72. The van der Waals surface area contributed by atoms with E-state index >= 15 is 0 Å².